The number of carbonyl (C=O) groups is 4. The third kappa shape index (κ3) is 7.92. The van der Waals surface area contributed by atoms with E-state index in [-0.39, 0.29) is 22.1 Å². The van der Waals surface area contributed by atoms with Crippen LogP contribution in [0.1, 0.15) is 38.5 Å². The smallest absolute Gasteiger partial charge is 0.306 e. The average Bonchev–Trinajstić information content (AvgIpc) is 3.37. The van der Waals surface area contributed by atoms with Gasteiger partial charge in [0.15, 0.2) is 11.6 Å². The Morgan fingerprint density at radius 3 is 2.53 bits per heavy atom. The van der Waals surface area contributed by atoms with E-state index in [0.29, 0.717) is 16.0 Å². The summed E-state index contributed by atoms with van der Waals surface area (Å²) in [5.74, 6) is -4.45. The molecule has 3 amide bonds. The van der Waals surface area contributed by atoms with Crippen LogP contribution < -0.4 is 11.1 Å². The summed E-state index contributed by atoms with van der Waals surface area (Å²) in [6, 6.07) is 4.17. The highest BCUT2D eigenvalue weighted by Crippen LogP contribution is 2.35. The molecule has 0 aliphatic carbocycles. The van der Waals surface area contributed by atoms with Crippen LogP contribution in [0.5, 0.6) is 0 Å². The van der Waals surface area contributed by atoms with E-state index in [1.165, 1.54) is 17.4 Å². The molecule has 1 aliphatic heterocycles. The van der Waals surface area contributed by atoms with Gasteiger partial charge in [-0.3, -0.25) is 24.1 Å². The molecular weight excluding hydrogens is 556 g/mol. The molecule has 0 radical (unpaired) electrons. The number of ether oxygens (including phenoxy) is 1. The Balaban J connectivity index is 1.62. The van der Waals surface area contributed by atoms with Gasteiger partial charge in [0.05, 0.1) is 4.91 Å². The molecular formula is C25H25F2N3O5S3. The largest absolute Gasteiger partial charge is 0.460 e. The van der Waals surface area contributed by atoms with Gasteiger partial charge in [-0.15, -0.1) is 11.3 Å². The maximum Gasteiger partial charge on any atom is 0.306 e. The Labute approximate surface area is 231 Å². The number of primary amides is 1. The number of thioether (sulfide) groups is 1. The van der Waals surface area contributed by atoms with Gasteiger partial charge in [-0.05, 0) is 68.0 Å². The number of carbonyl (C=O) groups excluding carboxylic acids is 4. The Morgan fingerprint density at radius 2 is 1.89 bits per heavy atom. The number of esters is 1. The standard InChI is InChI=1S/C25H25F2N3O5S3/c1-25(2,3)35-21(32)7-6-18(22(28)33)29-20(31)11-30-23(34)19(38-24(30)36)10-15-8-14(12-37-15)13-4-5-16(26)17(27)9-13/h4-5,8-10,12,18H,6-7,11H2,1-3H3,(H2,28,33)(H,29,31)/b19-10-/t18-/m0/s1. The molecule has 38 heavy (non-hydrogen) atoms. The van der Waals surface area contributed by atoms with Crippen molar-refractivity contribution in [2.75, 3.05) is 6.54 Å². The number of rotatable bonds is 9. The van der Waals surface area contributed by atoms with E-state index in [1.807, 2.05) is 0 Å². The molecule has 0 saturated carbocycles. The van der Waals surface area contributed by atoms with Crippen molar-refractivity contribution in [3.05, 3.63) is 51.1 Å². The zero-order chi connectivity index (χ0) is 28.2. The average molecular weight is 582 g/mol. The third-order valence-electron chi connectivity index (χ3n) is 5.06. The first-order valence-corrected chi connectivity index (χ1v) is 13.4. The van der Waals surface area contributed by atoms with Crippen LogP contribution in [0, 0.1) is 11.6 Å². The van der Waals surface area contributed by atoms with Crippen molar-refractivity contribution in [2.24, 2.45) is 5.73 Å². The maximum atomic E-state index is 13.6. The first-order valence-electron chi connectivity index (χ1n) is 11.3. The molecule has 0 bridgehead atoms. The van der Waals surface area contributed by atoms with Gasteiger partial charge in [0.25, 0.3) is 5.91 Å². The number of hydrogen-bond donors (Lipinski definition) is 2. The predicted molar refractivity (Wildman–Crippen MR) is 146 cm³/mol. The van der Waals surface area contributed by atoms with E-state index in [2.05, 4.69) is 5.32 Å². The van der Waals surface area contributed by atoms with E-state index in [4.69, 9.17) is 22.7 Å². The summed E-state index contributed by atoms with van der Waals surface area (Å²) < 4.78 is 32.1. The molecule has 1 saturated heterocycles. The molecule has 1 aromatic carbocycles. The second kappa shape index (κ2) is 12.1. The minimum Gasteiger partial charge on any atom is -0.460 e. The summed E-state index contributed by atoms with van der Waals surface area (Å²) >= 11 is 7.56. The molecule has 3 N–H and O–H groups in total. The van der Waals surface area contributed by atoms with Gasteiger partial charge < -0.3 is 15.8 Å². The molecule has 1 atom stereocenters. The lowest BCUT2D eigenvalue weighted by molar-refractivity contribution is -0.155. The quantitative estimate of drug-likeness (QED) is 0.261. The van der Waals surface area contributed by atoms with Crippen LogP contribution in [-0.2, 0) is 23.9 Å². The summed E-state index contributed by atoms with van der Waals surface area (Å²) in [5, 5.41) is 4.18. The molecule has 1 aliphatic rings. The van der Waals surface area contributed by atoms with Crippen LogP contribution in [-0.4, -0.2) is 51.1 Å². The lowest BCUT2D eigenvalue weighted by Crippen LogP contribution is -2.48. The van der Waals surface area contributed by atoms with Gasteiger partial charge in [0.1, 0.15) is 22.5 Å². The zero-order valence-corrected chi connectivity index (χ0v) is 23.2. The molecule has 2 heterocycles. The fourth-order valence-corrected chi connectivity index (χ4v) is 5.51. The molecule has 202 valence electrons. The first-order chi connectivity index (χ1) is 17.7. The van der Waals surface area contributed by atoms with Gasteiger partial charge in [-0.2, -0.15) is 0 Å². The van der Waals surface area contributed by atoms with Gasteiger partial charge >= 0.3 is 5.97 Å². The summed E-state index contributed by atoms with van der Waals surface area (Å²) in [7, 11) is 0. The number of nitrogens with one attached hydrogen (secondary N) is 1. The van der Waals surface area contributed by atoms with Gasteiger partial charge in [0, 0.05) is 11.3 Å². The summed E-state index contributed by atoms with van der Waals surface area (Å²) in [5.41, 5.74) is 5.81. The van der Waals surface area contributed by atoms with Crippen molar-refractivity contribution in [3.63, 3.8) is 0 Å². The number of amides is 3. The number of halogens is 2. The Hall–Kier alpha value is -3.16. The van der Waals surface area contributed by atoms with Crippen molar-refractivity contribution in [1.29, 1.82) is 0 Å². The van der Waals surface area contributed by atoms with E-state index in [0.717, 1.165) is 28.8 Å². The maximum absolute atomic E-state index is 13.6. The predicted octanol–water partition coefficient (Wildman–Crippen LogP) is 3.99. The summed E-state index contributed by atoms with van der Waals surface area (Å²) in [6.07, 6.45) is 1.40. The lowest BCUT2D eigenvalue weighted by atomic mass is 10.1. The SMILES string of the molecule is CC(C)(C)OC(=O)CC[C@H](NC(=O)CN1C(=O)/C(=C/c2cc(-c3ccc(F)c(F)c3)cs2)SC1=S)C(N)=O. The molecule has 8 nitrogen and oxygen atoms in total. The monoisotopic (exact) mass is 581 g/mol. The Kier molecular flexibility index (Phi) is 9.39. The van der Waals surface area contributed by atoms with E-state index >= 15 is 0 Å². The normalized spacial score (nSPS) is 15.6. The van der Waals surface area contributed by atoms with Crippen molar-refractivity contribution >= 4 is 69.4 Å². The number of nitrogens with two attached hydrogens (primary N) is 1. The fourth-order valence-electron chi connectivity index (χ4n) is 3.34. The molecule has 0 spiro atoms. The molecule has 2 aromatic rings. The van der Waals surface area contributed by atoms with Crippen LogP contribution >= 0.6 is 35.3 Å². The fraction of sp³-hybridized carbons (Fsp3) is 0.320. The van der Waals surface area contributed by atoms with Crippen LogP contribution in [0.15, 0.2) is 34.6 Å². The molecule has 0 unspecified atom stereocenters. The van der Waals surface area contributed by atoms with Crippen molar-refractivity contribution in [1.82, 2.24) is 10.2 Å². The number of thiophene rings is 1. The van der Waals surface area contributed by atoms with E-state index in [9.17, 15) is 28.0 Å². The molecule has 1 aromatic heterocycles. The summed E-state index contributed by atoms with van der Waals surface area (Å²) in [4.78, 5) is 51.3. The van der Waals surface area contributed by atoms with Crippen LogP contribution in [0.2, 0.25) is 0 Å². The highest BCUT2D eigenvalue weighted by atomic mass is 32.2. The van der Waals surface area contributed by atoms with Crippen molar-refractivity contribution in [2.45, 2.75) is 45.3 Å². The third-order valence-corrected chi connectivity index (χ3v) is 7.31. The number of benzene rings is 1. The van der Waals surface area contributed by atoms with Crippen LogP contribution in [0.25, 0.3) is 17.2 Å². The highest BCUT2D eigenvalue weighted by Gasteiger charge is 2.34. The minimum absolute atomic E-state index is 0.0626. The Bertz CT molecular complexity index is 1320. The van der Waals surface area contributed by atoms with Crippen LogP contribution in [0.4, 0.5) is 8.78 Å². The zero-order valence-electron chi connectivity index (χ0n) is 20.7. The lowest BCUT2D eigenvalue weighted by Gasteiger charge is -2.21. The van der Waals surface area contributed by atoms with Crippen molar-refractivity contribution in [3.8, 4) is 11.1 Å². The van der Waals surface area contributed by atoms with E-state index < -0.39 is 53.5 Å². The topological polar surface area (TPSA) is 119 Å². The van der Waals surface area contributed by atoms with Crippen LogP contribution in [0.3, 0.4) is 0 Å². The number of thiocarbonyl (C=S) groups is 1. The number of hydrogen-bond acceptors (Lipinski definition) is 8. The molecule has 3 rings (SSSR count). The Morgan fingerprint density at radius 1 is 1.18 bits per heavy atom. The minimum atomic E-state index is -1.13. The molecule has 1 fully saturated rings. The van der Waals surface area contributed by atoms with Gasteiger partial charge in [-0.25, -0.2) is 8.78 Å². The van der Waals surface area contributed by atoms with Gasteiger partial charge in [-0.1, -0.05) is 30.0 Å². The second-order valence-corrected chi connectivity index (χ2v) is 11.9. The van der Waals surface area contributed by atoms with Crippen molar-refractivity contribution < 1.29 is 32.7 Å². The van der Waals surface area contributed by atoms with E-state index in [1.54, 1.807) is 38.3 Å². The highest BCUT2D eigenvalue weighted by molar-refractivity contribution is 8.26. The second-order valence-electron chi connectivity index (χ2n) is 9.28. The summed E-state index contributed by atoms with van der Waals surface area (Å²) in [6.45, 7) is 4.68. The molecule has 13 heteroatoms. The number of nitrogens with zero attached hydrogens (tertiary/aromatic N) is 1. The van der Waals surface area contributed by atoms with Gasteiger partial charge in [0.2, 0.25) is 11.8 Å². The first kappa shape index (κ1) is 29.4.